The zero-order valence-electron chi connectivity index (χ0n) is 26.9. The Balaban J connectivity index is 1.64. The number of carbonyl (C=O) groups is 1. The molecule has 0 bridgehead atoms. The van der Waals surface area contributed by atoms with Crippen LogP contribution in [0.15, 0.2) is 71.9 Å². The van der Waals surface area contributed by atoms with Crippen molar-refractivity contribution in [2.75, 3.05) is 38.1 Å². The van der Waals surface area contributed by atoms with Crippen molar-refractivity contribution in [3.63, 3.8) is 0 Å². The van der Waals surface area contributed by atoms with Crippen molar-refractivity contribution in [1.82, 2.24) is 14.8 Å². The zero-order chi connectivity index (χ0) is 33.3. The standard InChI is InChI=1S/C34H45FN4O6S/c1-24-20-39(25(2)23-40)34(41)31-19-29(37-46(42,43)30-11-8-28(35)9-12-30)10-13-32(31)45-26(3)7-5-6-18-44-33(24)22-38(4)21-27-14-16-36-17-15-27/h8-17,19,24-26,33,37,40H,5-7,18,20-23H2,1-4H3/t24-,25-,26-,33-/m0/s1. The number of fused-ring (bicyclic) bond motifs is 1. The number of amides is 1. The molecule has 2 N–H and O–H groups in total. The van der Waals surface area contributed by atoms with Crippen molar-refractivity contribution in [1.29, 1.82) is 0 Å². The number of nitrogens with one attached hydrogen (secondary N) is 1. The highest BCUT2D eigenvalue weighted by Gasteiger charge is 2.30. The van der Waals surface area contributed by atoms with E-state index in [9.17, 15) is 22.7 Å². The molecule has 46 heavy (non-hydrogen) atoms. The average molecular weight is 657 g/mol. The highest BCUT2D eigenvalue weighted by molar-refractivity contribution is 7.92. The number of aliphatic hydroxyl groups is 1. The van der Waals surface area contributed by atoms with E-state index in [2.05, 4.69) is 14.6 Å². The third kappa shape index (κ3) is 9.71. The predicted molar refractivity (Wildman–Crippen MR) is 175 cm³/mol. The van der Waals surface area contributed by atoms with Crippen molar-refractivity contribution < 1.29 is 32.2 Å². The Kier molecular flexibility index (Phi) is 12.5. The highest BCUT2D eigenvalue weighted by Crippen LogP contribution is 2.29. The van der Waals surface area contributed by atoms with Crippen LogP contribution in [-0.4, -0.2) is 85.8 Å². The van der Waals surface area contributed by atoms with Gasteiger partial charge in [0.25, 0.3) is 15.9 Å². The summed E-state index contributed by atoms with van der Waals surface area (Å²) in [6.45, 7) is 7.66. The minimum absolute atomic E-state index is 0.107. The number of rotatable bonds is 9. The zero-order valence-corrected chi connectivity index (χ0v) is 27.7. The van der Waals surface area contributed by atoms with Crippen LogP contribution in [0.25, 0.3) is 0 Å². The van der Waals surface area contributed by atoms with Crippen LogP contribution in [0.4, 0.5) is 10.1 Å². The first-order chi connectivity index (χ1) is 22.0. The SMILES string of the molecule is C[C@H]1CCCCO[C@@H](CN(C)Cc2ccncc2)[C@@H](C)CN([C@@H](C)CO)C(=O)c2cc(NS(=O)(=O)c3ccc(F)cc3)ccc2O1. The van der Waals surface area contributed by atoms with Crippen LogP contribution in [0.3, 0.4) is 0 Å². The molecular formula is C34H45FN4O6S. The Morgan fingerprint density at radius 2 is 1.83 bits per heavy atom. The van der Waals surface area contributed by atoms with Gasteiger partial charge in [-0.1, -0.05) is 6.92 Å². The van der Waals surface area contributed by atoms with Crippen molar-refractivity contribution in [2.45, 2.75) is 69.7 Å². The number of sulfonamides is 1. The molecule has 1 amide bonds. The lowest BCUT2D eigenvalue weighted by atomic mass is 10.0. The minimum atomic E-state index is -4.07. The normalized spacial score (nSPS) is 20.8. The second-order valence-electron chi connectivity index (χ2n) is 12.1. The maximum absolute atomic E-state index is 14.3. The number of benzene rings is 2. The van der Waals surface area contributed by atoms with E-state index in [1.54, 1.807) is 30.3 Å². The molecule has 4 rings (SSSR count). The number of aliphatic hydroxyl groups excluding tert-OH is 1. The molecule has 1 aliphatic heterocycles. The molecule has 1 aliphatic rings. The molecule has 0 saturated heterocycles. The molecule has 0 unspecified atom stereocenters. The Morgan fingerprint density at radius 3 is 2.52 bits per heavy atom. The number of hydrogen-bond acceptors (Lipinski definition) is 8. The van der Waals surface area contributed by atoms with E-state index in [4.69, 9.17) is 9.47 Å². The second kappa shape index (κ2) is 16.3. The van der Waals surface area contributed by atoms with Crippen LogP contribution in [0, 0.1) is 11.7 Å². The van der Waals surface area contributed by atoms with Crippen LogP contribution in [-0.2, 0) is 21.3 Å². The van der Waals surface area contributed by atoms with E-state index in [1.165, 1.54) is 24.3 Å². The van der Waals surface area contributed by atoms with Gasteiger partial charge in [0.15, 0.2) is 0 Å². The smallest absolute Gasteiger partial charge is 0.261 e. The van der Waals surface area contributed by atoms with Crippen molar-refractivity contribution in [3.8, 4) is 5.75 Å². The number of halogens is 1. The fourth-order valence-electron chi connectivity index (χ4n) is 5.45. The van der Waals surface area contributed by atoms with Gasteiger partial charge in [-0.15, -0.1) is 0 Å². The molecule has 4 atom stereocenters. The Hall–Kier alpha value is -3.58. The molecule has 2 aromatic carbocycles. The van der Waals surface area contributed by atoms with Gasteiger partial charge in [-0.05, 0) is 100 Å². The lowest BCUT2D eigenvalue weighted by molar-refractivity contribution is -0.0177. The lowest BCUT2D eigenvalue weighted by Gasteiger charge is -2.36. The second-order valence-corrected chi connectivity index (χ2v) is 13.8. The maximum Gasteiger partial charge on any atom is 0.261 e. The molecule has 1 aromatic heterocycles. The number of ether oxygens (including phenoxy) is 2. The van der Waals surface area contributed by atoms with Crippen LogP contribution >= 0.6 is 0 Å². The molecule has 10 nitrogen and oxygen atoms in total. The summed E-state index contributed by atoms with van der Waals surface area (Å²) >= 11 is 0. The number of likely N-dealkylation sites (N-methyl/N-ethyl adjacent to an activating group) is 1. The largest absolute Gasteiger partial charge is 0.490 e. The molecule has 0 aliphatic carbocycles. The summed E-state index contributed by atoms with van der Waals surface area (Å²) in [4.78, 5) is 22.1. The van der Waals surface area contributed by atoms with Gasteiger partial charge in [0.05, 0.1) is 35.3 Å². The van der Waals surface area contributed by atoms with Crippen molar-refractivity contribution in [2.24, 2.45) is 5.92 Å². The maximum atomic E-state index is 14.3. The topological polar surface area (TPSA) is 121 Å². The minimum Gasteiger partial charge on any atom is -0.490 e. The fraction of sp³-hybridized carbons (Fsp3) is 0.471. The van der Waals surface area contributed by atoms with E-state index >= 15 is 0 Å². The third-order valence-corrected chi connectivity index (χ3v) is 9.52. The quantitative estimate of drug-likeness (QED) is 0.332. The first-order valence-electron chi connectivity index (χ1n) is 15.7. The van der Waals surface area contributed by atoms with Gasteiger partial charge in [0.2, 0.25) is 0 Å². The van der Waals surface area contributed by atoms with Gasteiger partial charge < -0.3 is 19.5 Å². The van der Waals surface area contributed by atoms with E-state index in [0.717, 1.165) is 37.0 Å². The molecule has 3 aromatic rings. The number of hydrogen-bond donors (Lipinski definition) is 2. The first kappa shape index (κ1) is 35.3. The van der Waals surface area contributed by atoms with Gasteiger partial charge in [-0.25, -0.2) is 12.8 Å². The van der Waals surface area contributed by atoms with Gasteiger partial charge in [-0.3, -0.25) is 19.4 Å². The fourth-order valence-corrected chi connectivity index (χ4v) is 6.50. The third-order valence-electron chi connectivity index (χ3n) is 8.12. The summed E-state index contributed by atoms with van der Waals surface area (Å²) in [7, 11) is -2.03. The average Bonchev–Trinajstić information content (AvgIpc) is 3.03. The van der Waals surface area contributed by atoms with Gasteiger partial charge in [0, 0.05) is 50.2 Å². The Bertz CT molecular complexity index is 1530. The number of nitrogens with zero attached hydrogens (tertiary/aromatic N) is 3. The summed E-state index contributed by atoms with van der Waals surface area (Å²) in [5.41, 5.74) is 1.45. The lowest BCUT2D eigenvalue weighted by Crippen LogP contribution is -2.47. The van der Waals surface area contributed by atoms with E-state index < -0.39 is 27.8 Å². The van der Waals surface area contributed by atoms with Gasteiger partial charge >= 0.3 is 0 Å². The molecule has 0 fully saturated rings. The van der Waals surface area contributed by atoms with Gasteiger partial charge in [0.1, 0.15) is 11.6 Å². The van der Waals surface area contributed by atoms with E-state index in [-0.39, 0.29) is 47.4 Å². The summed E-state index contributed by atoms with van der Waals surface area (Å²) in [6.07, 6.45) is 5.56. The number of anilines is 1. The van der Waals surface area contributed by atoms with Crippen LogP contribution in [0.1, 0.15) is 56.0 Å². The molecule has 2 heterocycles. The van der Waals surface area contributed by atoms with Crippen molar-refractivity contribution in [3.05, 3.63) is 83.9 Å². The van der Waals surface area contributed by atoms with E-state index in [0.29, 0.717) is 25.4 Å². The number of carbonyl (C=O) groups excluding carboxylic acids is 1. The molecule has 250 valence electrons. The van der Waals surface area contributed by atoms with E-state index in [1.807, 2.05) is 33.0 Å². The highest BCUT2D eigenvalue weighted by atomic mass is 32.2. The van der Waals surface area contributed by atoms with Crippen LogP contribution in [0.5, 0.6) is 5.75 Å². The first-order valence-corrected chi connectivity index (χ1v) is 17.1. The molecular weight excluding hydrogens is 611 g/mol. The predicted octanol–water partition coefficient (Wildman–Crippen LogP) is 4.95. The monoisotopic (exact) mass is 656 g/mol. The van der Waals surface area contributed by atoms with Crippen LogP contribution < -0.4 is 9.46 Å². The summed E-state index contributed by atoms with van der Waals surface area (Å²) < 4.78 is 54.8. The summed E-state index contributed by atoms with van der Waals surface area (Å²) in [5.74, 6) is -0.738. The summed E-state index contributed by atoms with van der Waals surface area (Å²) in [5, 5.41) is 10.2. The van der Waals surface area contributed by atoms with Crippen LogP contribution in [0.2, 0.25) is 0 Å². The molecule has 0 saturated carbocycles. The number of pyridine rings is 1. The Morgan fingerprint density at radius 1 is 1.11 bits per heavy atom. The van der Waals surface area contributed by atoms with Gasteiger partial charge in [-0.2, -0.15) is 0 Å². The summed E-state index contributed by atoms with van der Waals surface area (Å²) in [6, 6.07) is 12.5. The molecule has 12 heteroatoms. The number of aromatic nitrogens is 1. The molecule has 0 spiro atoms. The van der Waals surface area contributed by atoms with Crippen molar-refractivity contribution >= 4 is 21.6 Å². The molecule has 0 radical (unpaired) electrons. The Labute approximate surface area is 271 Å².